The third kappa shape index (κ3) is 3.46. The number of carbonyl (C=O) groups is 1. The lowest BCUT2D eigenvalue weighted by molar-refractivity contribution is 0.0655. The van der Waals surface area contributed by atoms with Crippen LogP contribution in [0.4, 0.5) is 0 Å². The van der Waals surface area contributed by atoms with Gasteiger partial charge in [0.1, 0.15) is 10.3 Å². The van der Waals surface area contributed by atoms with Gasteiger partial charge in [-0.2, -0.15) is 4.31 Å². The van der Waals surface area contributed by atoms with E-state index in [-0.39, 0.29) is 25.5 Å². The van der Waals surface area contributed by atoms with Crippen LogP contribution in [0, 0.1) is 0 Å². The first kappa shape index (κ1) is 17.3. The fourth-order valence-electron chi connectivity index (χ4n) is 2.46. The van der Waals surface area contributed by atoms with Crippen LogP contribution in [0.5, 0.6) is 0 Å². The average Bonchev–Trinajstić information content (AvgIpc) is 2.98. The number of hydrogen-bond acceptors (Lipinski definition) is 5. The second-order valence-electron chi connectivity index (χ2n) is 5.57. The lowest BCUT2D eigenvalue weighted by atomic mass is 10.1. The van der Waals surface area contributed by atoms with Crippen molar-refractivity contribution in [2.75, 3.05) is 20.1 Å². The van der Waals surface area contributed by atoms with E-state index in [0.29, 0.717) is 10.6 Å². The van der Waals surface area contributed by atoms with Gasteiger partial charge in [0, 0.05) is 42.3 Å². The molecule has 0 saturated carbocycles. The number of hydrogen-bond donors (Lipinski definition) is 0. The standard InChI is InChI=1S/C15H16ClN3O3S2/c1-18(10-14-17-5-6-23-14)24(21,22)13-8-19(9-13)15(20)11-3-2-4-12(16)7-11/h2-7,13H,8-10H2,1H3. The number of thiazole rings is 1. The molecule has 0 N–H and O–H groups in total. The first-order valence-corrected chi connectivity index (χ1v) is 10.0. The van der Waals surface area contributed by atoms with Gasteiger partial charge in [0.15, 0.2) is 0 Å². The molecule has 2 heterocycles. The topological polar surface area (TPSA) is 70.6 Å². The zero-order valence-electron chi connectivity index (χ0n) is 12.9. The Morgan fingerprint density at radius 2 is 2.21 bits per heavy atom. The lowest BCUT2D eigenvalue weighted by Crippen LogP contribution is -2.59. The molecule has 0 spiro atoms. The summed E-state index contributed by atoms with van der Waals surface area (Å²) in [5.74, 6) is -0.202. The highest BCUT2D eigenvalue weighted by Gasteiger charge is 2.42. The highest BCUT2D eigenvalue weighted by Crippen LogP contribution is 2.23. The molecule has 1 saturated heterocycles. The third-order valence-corrected chi connectivity index (χ3v) is 7.04. The highest BCUT2D eigenvalue weighted by atomic mass is 35.5. The van der Waals surface area contributed by atoms with Crippen molar-refractivity contribution in [1.29, 1.82) is 0 Å². The molecule has 128 valence electrons. The molecular formula is C15H16ClN3O3S2. The first-order chi connectivity index (χ1) is 11.4. The largest absolute Gasteiger partial charge is 0.336 e. The van der Waals surface area contributed by atoms with Crippen LogP contribution >= 0.6 is 22.9 Å². The highest BCUT2D eigenvalue weighted by molar-refractivity contribution is 7.89. The predicted molar refractivity (Wildman–Crippen MR) is 93.6 cm³/mol. The molecule has 1 fully saturated rings. The quantitative estimate of drug-likeness (QED) is 0.790. The molecule has 6 nitrogen and oxygen atoms in total. The number of halogens is 1. The maximum Gasteiger partial charge on any atom is 0.253 e. The smallest absolute Gasteiger partial charge is 0.253 e. The van der Waals surface area contributed by atoms with E-state index < -0.39 is 15.3 Å². The maximum atomic E-state index is 12.5. The van der Waals surface area contributed by atoms with Crippen molar-refractivity contribution in [3.05, 3.63) is 51.4 Å². The van der Waals surface area contributed by atoms with Crippen molar-refractivity contribution < 1.29 is 13.2 Å². The summed E-state index contributed by atoms with van der Waals surface area (Å²) in [5, 5.41) is 2.46. The van der Waals surface area contributed by atoms with Crippen LogP contribution in [0.2, 0.25) is 5.02 Å². The average molecular weight is 386 g/mol. The van der Waals surface area contributed by atoms with E-state index in [1.54, 1.807) is 30.5 Å². The molecule has 1 aliphatic rings. The van der Waals surface area contributed by atoms with Gasteiger partial charge in [-0.15, -0.1) is 11.3 Å². The molecule has 24 heavy (non-hydrogen) atoms. The number of likely N-dealkylation sites (tertiary alicyclic amines) is 1. The Hall–Kier alpha value is -1.48. The molecule has 0 unspecified atom stereocenters. The van der Waals surface area contributed by atoms with Crippen molar-refractivity contribution in [3.63, 3.8) is 0 Å². The fraction of sp³-hybridized carbons (Fsp3) is 0.333. The molecule has 1 aliphatic heterocycles. The number of benzene rings is 1. The van der Waals surface area contributed by atoms with Gasteiger partial charge in [-0.3, -0.25) is 4.79 Å². The zero-order valence-corrected chi connectivity index (χ0v) is 15.3. The molecule has 1 aromatic carbocycles. The Kier molecular flexibility index (Phi) is 4.91. The Bertz CT molecular complexity index is 833. The van der Waals surface area contributed by atoms with Gasteiger partial charge in [0.05, 0.1) is 6.54 Å². The molecule has 0 atom stereocenters. The van der Waals surface area contributed by atoms with Gasteiger partial charge in [-0.25, -0.2) is 13.4 Å². The monoisotopic (exact) mass is 385 g/mol. The SMILES string of the molecule is CN(Cc1nccs1)S(=O)(=O)C1CN(C(=O)c2cccc(Cl)c2)C1. The molecule has 1 aromatic heterocycles. The minimum Gasteiger partial charge on any atom is -0.336 e. The molecular weight excluding hydrogens is 370 g/mol. The van der Waals surface area contributed by atoms with Crippen LogP contribution in [-0.4, -0.2) is 53.9 Å². The van der Waals surface area contributed by atoms with Gasteiger partial charge < -0.3 is 4.90 Å². The Morgan fingerprint density at radius 3 is 2.83 bits per heavy atom. The predicted octanol–water partition coefficient (Wildman–Crippen LogP) is 2.08. The van der Waals surface area contributed by atoms with Gasteiger partial charge in [0.25, 0.3) is 5.91 Å². The fourth-order valence-corrected chi connectivity index (χ4v) is 4.95. The zero-order chi connectivity index (χ0) is 17.3. The number of amides is 1. The van der Waals surface area contributed by atoms with Crippen molar-refractivity contribution in [2.24, 2.45) is 0 Å². The van der Waals surface area contributed by atoms with Crippen LogP contribution in [0.3, 0.4) is 0 Å². The lowest BCUT2D eigenvalue weighted by Gasteiger charge is -2.40. The minimum atomic E-state index is -3.46. The summed E-state index contributed by atoms with van der Waals surface area (Å²) in [5.41, 5.74) is 0.467. The van der Waals surface area contributed by atoms with E-state index >= 15 is 0 Å². The van der Waals surface area contributed by atoms with Gasteiger partial charge >= 0.3 is 0 Å². The van der Waals surface area contributed by atoms with Gasteiger partial charge in [-0.05, 0) is 18.2 Å². The number of rotatable bonds is 5. The molecule has 9 heteroatoms. The summed E-state index contributed by atoms with van der Waals surface area (Å²) >= 11 is 7.30. The van der Waals surface area contributed by atoms with Crippen molar-refractivity contribution in [3.8, 4) is 0 Å². The summed E-state index contributed by atoms with van der Waals surface area (Å²) in [7, 11) is -1.92. The summed E-state index contributed by atoms with van der Waals surface area (Å²) < 4.78 is 26.4. The first-order valence-electron chi connectivity index (χ1n) is 7.26. The molecule has 2 aromatic rings. The van der Waals surface area contributed by atoms with E-state index in [1.807, 2.05) is 5.38 Å². The Morgan fingerprint density at radius 1 is 1.46 bits per heavy atom. The van der Waals surface area contributed by atoms with Crippen LogP contribution in [0.25, 0.3) is 0 Å². The van der Waals surface area contributed by atoms with E-state index in [1.165, 1.54) is 27.6 Å². The van der Waals surface area contributed by atoms with E-state index in [2.05, 4.69) is 4.98 Å². The third-order valence-electron chi connectivity index (χ3n) is 3.90. The van der Waals surface area contributed by atoms with Crippen LogP contribution in [-0.2, 0) is 16.6 Å². The van der Waals surface area contributed by atoms with Crippen LogP contribution in [0.15, 0.2) is 35.8 Å². The molecule has 0 bridgehead atoms. The van der Waals surface area contributed by atoms with Gasteiger partial charge in [-0.1, -0.05) is 17.7 Å². The summed E-state index contributed by atoms with van der Waals surface area (Å²) in [6.45, 7) is 0.629. The number of aromatic nitrogens is 1. The minimum absolute atomic E-state index is 0.190. The summed E-state index contributed by atoms with van der Waals surface area (Å²) in [4.78, 5) is 17.9. The number of carbonyl (C=O) groups excluding carboxylic acids is 1. The summed E-state index contributed by atoms with van der Waals surface area (Å²) in [6.07, 6.45) is 1.65. The number of sulfonamides is 1. The molecule has 3 rings (SSSR count). The van der Waals surface area contributed by atoms with Crippen LogP contribution in [0.1, 0.15) is 15.4 Å². The van der Waals surface area contributed by atoms with E-state index in [4.69, 9.17) is 11.6 Å². The summed E-state index contributed by atoms with van der Waals surface area (Å²) in [6, 6.07) is 6.64. The molecule has 0 radical (unpaired) electrons. The maximum absolute atomic E-state index is 12.5. The van der Waals surface area contributed by atoms with Gasteiger partial charge in [0.2, 0.25) is 10.0 Å². The van der Waals surface area contributed by atoms with Crippen molar-refractivity contribution in [2.45, 2.75) is 11.8 Å². The molecule has 1 amide bonds. The second kappa shape index (κ2) is 6.79. The van der Waals surface area contributed by atoms with Crippen molar-refractivity contribution >= 4 is 38.9 Å². The van der Waals surface area contributed by atoms with Crippen LogP contribution < -0.4 is 0 Å². The van der Waals surface area contributed by atoms with E-state index in [0.717, 1.165) is 5.01 Å². The second-order valence-corrected chi connectivity index (χ2v) is 9.30. The normalized spacial score (nSPS) is 15.5. The van der Waals surface area contributed by atoms with Crippen molar-refractivity contribution in [1.82, 2.24) is 14.2 Å². The Balaban J connectivity index is 1.61. The van der Waals surface area contributed by atoms with E-state index in [9.17, 15) is 13.2 Å². The molecule has 0 aliphatic carbocycles. The number of nitrogens with zero attached hydrogens (tertiary/aromatic N) is 3. The Labute approximate surface area is 149 Å².